The summed E-state index contributed by atoms with van der Waals surface area (Å²) in [6.45, 7) is 7.09. The highest BCUT2D eigenvalue weighted by molar-refractivity contribution is 5.71. The number of unbranched alkanes of at least 4 members (excludes halogenated alkanes) is 10. The van der Waals surface area contributed by atoms with E-state index in [0.29, 0.717) is 6.61 Å². The van der Waals surface area contributed by atoms with Crippen LogP contribution in [0.4, 0.5) is 0 Å². The van der Waals surface area contributed by atoms with Gasteiger partial charge in [0.05, 0.1) is 12.5 Å². The molecule has 0 aliphatic rings. The summed E-state index contributed by atoms with van der Waals surface area (Å²) in [5.74, 6) is 0.0911. The molecule has 0 amide bonds. The van der Waals surface area contributed by atoms with E-state index in [4.69, 9.17) is 4.74 Å². The van der Waals surface area contributed by atoms with E-state index in [1.54, 1.807) is 0 Å². The maximum atomic E-state index is 11.8. The molecule has 0 aromatic carbocycles. The number of ether oxygens (including phenoxy) is 1. The van der Waals surface area contributed by atoms with Gasteiger partial charge in [-0.2, -0.15) is 0 Å². The van der Waals surface area contributed by atoms with Crippen LogP contribution in [-0.2, 0) is 9.53 Å². The van der Waals surface area contributed by atoms with Gasteiger partial charge in [-0.1, -0.05) is 91.4 Å². The molecule has 0 fully saturated rings. The van der Waals surface area contributed by atoms with Gasteiger partial charge in [0.2, 0.25) is 0 Å². The molecular formula is C19H38O2. The highest BCUT2D eigenvalue weighted by Gasteiger charge is 2.13. The summed E-state index contributed by atoms with van der Waals surface area (Å²) in [5, 5.41) is 0. The highest BCUT2D eigenvalue weighted by atomic mass is 16.5. The summed E-state index contributed by atoms with van der Waals surface area (Å²) >= 11 is 0. The molecule has 0 N–H and O–H groups in total. The third-order valence-corrected chi connectivity index (χ3v) is 4.14. The Balaban J connectivity index is 3.36. The van der Waals surface area contributed by atoms with E-state index in [1.807, 2.05) is 6.92 Å². The minimum absolute atomic E-state index is 0.0112. The van der Waals surface area contributed by atoms with Crippen molar-refractivity contribution in [2.75, 3.05) is 6.61 Å². The standard InChI is InChI=1S/C19H38O2/c1-4-6-8-10-12-14-16-18(3)19(20)21-17-15-13-11-9-7-5-2/h18H,4-17H2,1-3H3. The second-order valence-corrected chi connectivity index (χ2v) is 6.39. The average molecular weight is 299 g/mol. The summed E-state index contributed by atoms with van der Waals surface area (Å²) in [5.41, 5.74) is 0. The number of esters is 1. The molecule has 126 valence electrons. The molecule has 2 heteroatoms. The van der Waals surface area contributed by atoms with Gasteiger partial charge in [-0.3, -0.25) is 4.79 Å². The molecule has 0 rings (SSSR count). The third-order valence-electron chi connectivity index (χ3n) is 4.14. The Morgan fingerprint density at radius 2 is 1.24 bits per heavy atom. The number of carbonyl (C=O) groups is 1. The quantitative estimate of drug-likeness (QED) is 0.263. The van der Waals surface area contributed by atoms with Crippen LogP contribution in [0.3, 0.4) is 0 Å². The SMILES string of the molecule is CCCCCCCCOC(=O)C(C)CCCCCCCC. The van der Waals surface area contributed by atoms with Crippen molar-refractivity contribution in [1.29, 1.82) is 0 Å². The van der Waals surface area contributed by atoms with Crippen molar-refractivity contribution in [3.8, 4) is 0 Å². The number of carbonyl (C=O) groups excluding carboxylic acids is 1. The Morgan fingerprint density at radius 3 is 1.81 bits per heavy atom. The largest absolute Gasteiger partial charge is 0.465 e. The van der Waals surface area contributed by atoms with Crippen LogP contribution in [-0.4, -0.2) is 12.6 Å². The Kier molecular flexibility index (Phi) is 15.5. The maximum absolute atomic E-state index is 11.8. The van der Waals surface area contributed by atoms with E-state index in [1.165, 1.54) is 64.2 Å². The summed E-state index contributed by atoms with van der Waals surface area (Å²) in [6.07, 6.45) is 16.1. The Bertz CT molecular complexity index is 226. The van der Waals surface area contributed by atoms with Crippen molar-refractivity contribution >= 4 is 5.97 Å². The van der Waals surface area contributed by atoms with Crippen molar-refractivity contribution in [1.82, 2.24) is 0 Å². The van der Waals surface area contributed by atoms with E-state index in [9.17, 15) is 4.79 Å². The Hall–Kier alpha value is -0.530. The minimum atomic E-state index is 0.0112. The maximum Gasteiger partial charge on any atom is 0.308 e. The molecule has 0 aromatic heterocycles. The topological polar surface area (TPSA) is 26.3 Å². The van der Waals surface area contributed by atoms with Crippen LogP contribution in [0.15, 0.2) is 0 Å². The molecule has 1 atom stereocenters. The van der Waals surface area contributed by atoms with E-state index < -0.39 is 0 Å². The lowest BCUT2D eigenvalue weighted by Crippen LogP contribution is -2.15. The van der Waals surface area contributed by atoms with Crippen molar-refractivity contribution in [2.45, 2.75) is 104 Å². The van der Waals surface area contributed by atoms with E-state index in [-0.39, 0.29) is 11.9 Å². The molecule has 0 saturated heterocycles. The lowest BCUT2D eigenvalue weighted by molar-refractivity contribution is -0.148. The molecule has 2 nitrogen and oxygen atoms in total. The molecule has 1 unspecified atom stereocenters. The van der Waals surface area contributed by atoms with Crippen LogP contribution in [0.2, 0.25) is 0 Å². The van der Waals surface area contributed by atoms with Gasteiger partial charge in [-0.25, -0.2) is 0 Å². The van der Waals surface area contributed by atoms with E-state index in [2.05, 4.69) is 13.8 Å². The molecule has 0 bridgehead atoms. The van der Waals surface area contributed by atoms with Crippen molar-refractivity contribution in [3.63, 3.8) is 0 Å². The molecule has 21 heavy (non-hydrogen) atoms. The second kappa shape index (κ2) is 15.9. The molecule has 0 aliphatic heterocycles. The van der Waals surface area contributed by atoms with Gasteiger partial charge >= 0.3 is 5.97 Å². The van der Waals surface area contributed by atoms with Crippen LogP contribution in [0.5, 0.6) is 0 Å². The molecule has 0 aromatic rings. The first-order chi connectivity index (χ1) is 10.2. The van der Waals surface area contributed by atoms with Crippen LogP contribution >= 0.6 is 0 Å². The molecular weight excluding hydrogens is 260 g/mol. The fourth-order valence-electron chi connectivity index (χ4n) is 2.55. The summed E-state index contributed by atoms with van der Waals surface area (Å²) < 4.78 is 5.37. The van der Waals surface area contributed by atoms with Gasteiger partial charge in [-0.05, 0) is 12.8 Å². The van der Waals surface area contributed by atoms with Crippen LogP contribution in [0.25, 0.3) is 0 Å². The first kappa shape index (κ1) is 20.5. The summed E-state index contributed by atoms with van der Waals surface area (Å²) in [4.78, 5) is 11.8. The van der Waals surface area contributed by atoms with E-state index in [0.717, 1.165) is 19.3 Å². The lowest BCUT2D eigenvalue weighted by atomic mass is 10.0. The first-order valence-corrected chi connectivity index (χ1v) is 9.39. The molecule has 0 radical (unpaired) electrons. The van der Waals surface area contributed by atoms with Gasteiger partial charge in [0.25, 0.3) is 0 Å². The zero-order chi connectivity index (χ0) is 15.8. The second-order valence-electron chi connectivity index (χ2n) is 6.39. The predicted molar refractivity (Wildman–Crippen MR) is 91.5 cm³/mol. The Labute approximate surface area is 133 Å². The number of hydrogen-bond donors (Lipinski definition) is 0. The van der Waals surface area contributed by atoms with Crippen LogP contribution in [0.1, 0.15) is 104 Å². The predicted octanol–water partition coefficient (Wildman–Crippen LogP) is 6.28. The lowest BCUT2D eigenvalue weighted by Gasteiger charge is -2.11. The van der Waals surface area contributed by atoms with Crippen molar-refractivity contribution in [2.24, 2.45) is 5.92 Å². The monoisotopic (exact) mass is 298 g/mol. The number of rotatable bonds is 15. The fraction of sp³-hybridized carbons (Fsp3) is 0.947. The smallest absolute Gasteiger partial charge is 0.308 e. The van der Waals surface area contributed by atoms with Gasteiger partial charge in [0.1, 0.15) is 0 Å². The Morgan fingerprint density at radius 1 is 0.762 bits per heavy atom. The van der Waals surface area contributed by atoms with Gasteiger partial charge in [-0.15, -0.1) is 0 Å². The minimum Gasteiger partial charge on any atom is -0.465 e. The normalized spacial score (nSPS) is 12.3. The summed E-state index contributed by atoms with van der Waals surface area (Å²) in [6, 6.07) is 0. The van der Waals surface area contributed by atoms with Crippen LogP contribution in [0, 0.1) is 5.92 Å². The summed E-state index contributed by atoms with van der Waals surface area (Å²) in [7, 11) is 0. The third kappa shape index (κ3) is 14.2. The van der Waals surface area contributed by atoms with Crippen LogP contribution < -0.4 is 0 Å². The molecule has 0 aliphatic carbocycles. The molecule has 0 heterocycles. The zero-order valence-electron chi connectivity index (χ0n) is 14.8. The van der Waals surface area contributed by atoms with Crippen molar-refractivity contribution in [3.05, 3.63) is 0 Å². The number of hydrogen-bond acceptors (Lipinski definition) is 2. The van der Waals surface area contributed by atoms with Crippen molar-refractivity contribution < 1.29 is 9.53 Å². The fourth-order valence-corrected chi connectivity index (χ4v) is 2.55. The average Bonchev–Trinajstić information content (AvgIpc) is 2.49. The first-order valence-electron chi connectivity index (χ1n) is 9.39. The molecule has 0 saturated carbocycles. The van der Waals surface area contributed by atoms with E-state index >= 15 is 0 Å². The zero-order valence-corrected chi connectivity index (χ0v) is 14.8. The van der Waals surface area contributed by atoms with Gasteiger partial charge in [0.15, 0.2) is 0 Å². The van der Waals surface area contributed by atoms with Gasteiger partial charge < -0.3 is 4.74 Å². The van der Waals surface area contributed by atoms with Gasteiger partial charge in [0, 0.05) is 0 Å². The highest BCUT2D eigenvalue weighted by Crippen LogP contribution is 2.13. The molecule has 0 spiro atoms.